The lowest BCUT2D eigenvalue weighted by Gasteiger charge is -2.12. The number of benzene rings is 2. The Kier molecular flexibility index (Phi) is 5.57. The monoisotopic (exact) mass is 401 g/mol. The maximum atomic E-state index is 13.2. The number of nitrogens with two attached hydrogens (primary N) is 1. The lowest BCUT2D eigenvalue weighted by Crippen LogP contribution is -2.05. The Labute approximate surface area is 134 Å². The normalized spacial score (nSPS) is 10.6. The van der Waals surface area contributed by atoms with Crippen molar-refractivity contribution in [1.29, 1.82) is 0 Å². The van der Waals surface area contributed by atoms with Crippen LogP contribution in [0.4, 0.5) is 4.39 Å². The van der Waals surface area contributed by atoms with Gasteiger partial charge in [-0.05, 0) is 70.4 Å². The van der Waals surface area contributed by atoms with Gasteiger partial charge in [-0.3, -0.25) is 0 Å². The van der Waals surface area contributed by atoms with Gasteiger partial charge >= 0.3 is 0 Å². The zero-order chi connectivity index (χ0) is 14.5. The molecule has 0 unspecified atom stereocenters. The first-order valence-corrected chi connectivity index (χ1v) is 7.74. The molecule has 20 heavy (non-hydrogen) atoms. The fraction of sp³-hybridized carbons (Fsp3) is 0.200. The van der Waals surface area contributed by atoms with E-state index in [1.54, 1.807) is 12.1 Å². The molecule has 0 fully saturated rings. The van der Waals surface area contributed by atoms with Crippen molar-refractivity contribution in [2.45, 2.75) is 13.0 Å². The van der Waals surface area contributed by atoms with Crippen molar-refractivity contribution in [2.75, 3.05) is 6.54 Å². The van der Waals surface area contributed by atoms with Crippen molar-refractivity contribution in [2.24, 2.45) is 5.73 Å². The molecule has 0 aliphatic heterocycles. The van der Waals surface area contributed by atoms with Crippen molar-refractivity contribution in [3.63, 3.8) is 0 Å². The minimum atomic E-state index is -0.277. The van der Waals surface area contributed by atoms with Gasteiger partial charge in [-0.1, -0.05) is 22.0 Å². The molecule has 2 nitrogen and oxygen atoms in total. The van der Waals surface area contributed by atoms with Crippen LogP contribution in [-0.4, -0.2) is 6.54 Å². The summed E-state index contributed by atoms with van der Waals surface area (Å²) in [6.07, 6.45) is 0.752. The maximum absolute atomic E-state index is 13.2. The van der Waals surface area contributed by atoms with E-state index in [2.05, 4.69) is 31.9 Å². The summed E-state index contributed by atoms with van der Waals surface area (Å²) in [6.45, 7) is 0.951. The van der Waals surface area contributed by atoms with Crippen LogP contribution in [0.3, 0.4) is 0 Å². The molecule has 5 heteroatoms. The first kappa shape index (κ1) is 15.5. The second-order valence-corrected chi connectivity index (χ2v) is 6.10. The number of hydrogen-bond acceptors (Lipinski definition) is 2. The minimum Gasteiger partial charge on any atom is -0.489 e. The fourth-order valence-electron chi connectivity index (χ4n) is 1.83. The Morgan fingerprint density at radius 2 is 1.90 bits per heavy atom. The van der Waals surface area contributed by atoms with Gasteiger partial charge in [0.1, 0.15) is 18.2 Å². The molecular weight excluding hydrogens is 389 g/mol. The zero-order valence-electron chi connectivity index (χ0n) is 10.7. The fourth-order valence-corrected chi connectivity index (χ4v) is 2.66. The van der Waals surface area contributed by atoms with Crippen molar-refractivity contribution < 1.29 is 9.13 Å². The van der Waals surface area contributed by atoms with Gasteiger partial charge in [0.2, 0.25) is 0 Å². The van der Waals surface area contributed by atoms with E-state index in [0.717, 1.165) is 27.8 Å². The van der Waals surface area contributed by atoms with E-state index in [1.807, 2.05) is 18.2 Å². The summed E-state index contributed by atoms with van der Waals surface area (Å²) in [5, 5.41) is 0. The summed E-state index contributed by atoms with van der Waals surface area (Å²) in [5.74, 6) is 0.528. The Morgan fingerprint density at radius 1 is 1.10 bits per heavy atom. The Hall–Kier alpha value is -0.910. The summed E-state index contributed by atoms with van der Waals surface area (Å²) in [4.78, 5) is 0. The average Bonchev–Trinajstić information content (AvgIpc) is 2.42. The third-order valence-electron chi connectivity index (χ3n) is 2.81. The molecule has 0 heterocycles. The molecule has 106 valence electrons. The van der Waals surface area contributed by atoms with Crippen molar-refractivity contribution >= 4 is 31.9 Å². The number of rotatable bonds is 5. The maximum Gasteiger partial charge on any atom is 0.137 e. The van der Waals surface area contributed by atoms with Gasteiger partial charge in [-0.15, -0.1) is 0 Å². The lowest BCUT2D eigenvalue weighted by atomic mass is 10.1. The van der Waals surface area contributed by atoms with E-state index in [1.165, 1.54) is 6.07 Å². The third kappa shape index (κ3) is 4.04. The van der Waals surface area contributed by atoms with Gasteiger partial charge < -0.3 is 10.5 Å². The van der Waals surface area contributed by atoms with Crippen LogP contribution in [0.25, 0.3) is 0 Å². The molecule has 0 aliphatic rings. The standard InChI is InChI=1S/C15H14Br2FNO/c16-12-2-4-15(11(8-12)5-6-19)20-9-10-1-3-14(18)13(17)7-10/h1-4,7-8H,5-6,9,19H2. The Bertz CT molecular complexity index is 604. The van der Waals surface area contributed by atoms with E-state index in [9.17, 15) is 4.39 Å². The van der Waals surface area contributed by atoms with Crippen LogP contribution in [0.15, 0.2) is 45.3 Å². The molecule has 2 N–H and O–H groups in total. The molecule has 0 saturated heterocycles. The highest BCUT2D eigenvalue weighted by molar-refractivity contribution is 9.10. The predicted molar refractivity (Wildman–Crippen MR) is 85.3 cm³/mol. The summed E-state index contributed by atoms with van der Waals surface area (Å²) >= 11 is 6.60. The molecule has 0 amide bonds. The van der Waals surface area contributed by atoms with E-state index in [4.69, 9.17) is 10.5 Å². The molecule has 0 atom stereocenters. The SMILES string of the molecule is NCCc1cc(Br)ccc1OCc1ccc(F)c(Br)c1. The molecule has 0 aromatic heterocycles. The van der Waals surface area contributed by atoms with E-state index >= 15 is 0 Å². The van der Waals surface area contributed by atoms with E-state index < -0.39 is 0 Å². The quantitative estimate of drug-likeness (QED) is 0.802. The van der Waals surface area contributed by atoms with Gasteiger partial charge in [0.05, 0.1) is 4.47 Å². The zero-order valence-corrected chi connectivity index (χ0v) is 13.9. The van der Waals surface area contributed by atoms with Crippen LogP contribution < -0.4 is 10.5 Å². The minimum absolute atomic E-state index is 0.277. The van der Waals surface area contributed by atoms with Crippen LogP contribution in [0.5, 0.6) is 5.75 Å². The van der Waals surface area contributed by atoms with Crippen LogP contribution in [0.2, 0.25) is 0 Å². The highest BCUT2D eigenvalue weighted by atomic mass is 79.9. The summed E-state index contributed by atoms with van der Waals surface area (Å²) < 4.78 is 20.4. The predicted octanol–water partition coefficient (Wildman–Crippen LogP) is 4.43. The number of halogens is 3. The first-order valence-electron chi connectivity index (χ1n) is 6.15. The summed E-state index contributed by atoms with van der Waals surface area (Å²) in [6, 6.07) is 10.7. The second-order valence-electron chi connectivity index (χ2n) is 4.33. The molecule has 0 radical (unpaired) electrons. The smallest absolute Gasteiger partial charge is 0.137 e. The van der Waals surface area contributed by atoms with Gasteiger partial charge in [0, 0.05) is 4.47 Å². The topological polar surface area (TPSA) is 35.2 Å². The van der Waals surface area contributed by atoms with Gasteiger partial charge in [-0.2, -0.15) is 0 Å². The van der Waals surface area contributed by atoms with Gasteiger partial charge in [0.15, 0.2) is 0 Å². The number of hydrogen-bond donors (Lipinski definition) is 1. The highest BCUT2D eigenvalue weighted by Crippen LogP contribution is 2.25. The van der Waals surface area contributed by atoms with Crippen molar-refractivity contribution in [3.8, 4) is 5.75 Å². The average molecular weight is 403 g/mol. The molecule has 0 bridgehead atoms. The third-order valence-corrected chi connectivity index (χ3v) is 3.92. The molecule has 2 aromatic rings. The highest BCUT2D eigenvalue weighted by Gasteiger charge is 2.06. The van der Waals surface area contributed by atoms with Crippen molar-refractivity contribution in [1.82, 2.24) is 0 Å². The van der Waals surface area contributed by atoms with Crippen molar-refractivity contribution in [3.05, 3.63) is 62.3 Å². The summed E-state index contributed by atoms with van der Waals surface area (Å²) in [7, 11) is 0. The molecule has 0 spiro atoms. The van der Waals surface area contributed by atoms with Gasteiger partial charge in [-0.25, -0.2) is 4.39 Å². The molecule has 0 saturated carbocycles. The molecular formula is C15H14Br2FNO. The molecule has 2 aromatic carbocycles. The molecule has 2 rings (SSSR count). The summed E-state index contributed by atoms with van der Waals surface area (Å²) in [5.41, 5.74) is 7.57. The van der Waals surface area contributed by atoms with Crippen LogP contribution in [0.1, 0.15) is 11.1 Å². The Balaban J connectivity index is 2.11. The first-order chi connectivity index (χ1) is 9.60. The van der Waals surface area contributed by atoms with Gasteiger partial charge in [0.25, 0.3) is 0 Å². The molecule has 0 aliphatic carbocycles. The van der Waals surface area contributed by atoms with E-state index in [-0.39, 0.29) is 5.82 Å². The largest absolute Gasteiger partial charge is 0.489 e. The van der Waals surface area contributed by atoms with Crippen LogP contribution in [-0.2, 0) is 13.0 Å². The number of ether oxygens (including phenoxy) is 1. The van der Waals surface area contributed by atoms with Crippen LogP contribution in [0, 0.1) is 5.82 Å². The Morgan fingerprint density at radius 3 is 2.60 bits per heavy atom. The van der Waals surface area contributed by atoms with E-state index in [0.29, 0.717) is 17.6 Å². The second kappa shape index (κ2) is 7.20. The lowest BCUT2D eigenvalue weighted by molar-refractivity contribution is 0.302. The van der Waals surface area contributed by atoms with Crippen LogP contribution >= 0.6 is 31.9 Å².